The molecule has 0 aliphatic carbocycles. The fourth-order valence-corrected chi connectivity index (χ4v) is 1.55. The fraction of sp³-hybridized carbons (Fsp3) is 1.00. The molecule has 5 nitrogen and oxygen atoms in total. The van der Waals surface area contributed by atoms with Crippen LogP contribution in [0, 0.1) is 5.92 Å². The summed E-state index contributed by atoms with van der Waals surface area (Å²) in [4.78, 5) is 5.16. The SMILES string of the molecule is CC(C)CONCC(O)COCC1CCCO1. The van der Waals surface area contributed by atoms with Gasteiger partial charge in [0.05, 0.1) is 32.0 Å². The molecule has 5 heteroatoms. The van der Waals surface area contributed by atoms with E-state index in [0.29, 0.717) is 32.3 Å². The highest BCUT2D eigenvalue weighted by molar-refractivity contribution is 4.64. The molecule has 17 heavy (non-hydrogen) atoms. The van der Waals surface area contributed by atoms with Gasteiger partial charge in [0, 0.05) is 13.2 Å². The molecule has 0 bridgehead atoms. The monoisotopic (exact) mass is 247 g/mol. The van der Waals surface area contributed by atoms with Gasteiger partial charge in [0.1, 0.15) is 0 Å². The van der Waals surface area contributed by atoms with E-state index in [1.54, 1.807) is 0 Å². The van der Waals surface area contributed by atoms with Crippen molar-refractivity contribution in [1.82, 2.24) is 5.48 Å². The van der Waals surface area contributed by atoms with E-state index in [0.717, 1.165) is 19.4 Å². The van der Waals surface area contributed by atoms with Gasteiger partial charge >= 0.3 is 0 Å². The van der Waals surface area contributed by atoms with Crippen LogP contribution >= 0.6 is 0 Å². The summed E-state index contributed by atoms with van der Waals surface area (Å²) in [5.41, 5.74) is 2.73. The molecule has 1 heterocycles. The van der Waals surface area contributed by atoms with E-state index in [1.807, 2.05) is 0 Å². The minimum absolute atomic E-state index is 0.215. The average Bonchev–Trinajstić information content (AvgIpc) is 2.77. The van der Waals surface area contributed by atoms with Gasteiger partial charge in [-0.1, -0.05) is 13.8 Å². The first-order valence-corrected chi connectivity index (χ1v) is 6.40. The van der Waals surface area contributed by atoms with Gasteiger partial charge in [0.25, 0.3) is 0 Å². The highest BCUT2D eigenvalue weighted by atomic mass is 16.6. The molecule has 2 unspecified atom stereocenters. The number of hydroxylamine groups is 1. The zero-order chi connectivity index (χ0) is 12.5. The van der Waals surface area contributed by atoms with Gasteiger partial charge in [-0.25, -0.2) is 0 Å². The summed E-state index contributed by atoms with van der Waals surface area (Å²) in [7, 11) is 0. The van der Waals surface area contributed by atoms with Crippen molar-refractivity contribution in [3.8, 4) is 0 Å². The highest BCUT2D eigenvalue weighted by Gasteiger charge is 2.16. The van der Waals surface area contributed by atoms with Crippen LogP contribution in [0.4, 0.5) is 0 Å². The minimum atomic E-state index is -0.538. The molecule has 2 N–H and O–H groups in total. The van der Waals surface area contributed by atoms with Crippen LogP contribution in [0.1, 0.15) is 26.7 Å². The molecule has 102 valence electrons. The van der Waals surface area contributed by atoms with Crippen molar-refractivity contribution in [3.05, 3.63) is 0 Å². The van der Waals surface area contributed by atoms with Crippen molar-refractivity contribution < 1.29 is 19.4 Å². The van der Waals surface area contributed by atoms with Crippen LogP contribution in [0.25, 0.3) is 0 Å². The Morgan fingerprint density at radius 1 is 1.41 bits per heavy atom. The second-order valence-electron chi connectivity index (χ2n) is 4.88. The molecule has 0 spiro atoms. The molecule has 0 radical (unpaired) electrons. The molecule has 0 amide bonds. The third kappa shape index (κ3) is 7.68. The summed E-state index contributed by atoms with van der Waals surface area (Å²) in [6.45, 7) is 6.90. The van der Waals surface area contributed by atoms with Crippen molar-refractivity contribution in [2.75, 3.05) is 33.0 Å². The van der Waals surface area contributed by atoms with Gasteiger partial charge in [-0.15, -0.1) is 0 Å². The van der Waals surface area contributed by atoms with E-state index in [9.17, 15) is 5.11 Å². The van der Waals surface area contributed by atoms with Crippen LogP contribution in [0.5, 0.6) is 0 Å². The van der Waals surface area contributed by atoms with E-state index in [1.165, 1.54) is 0 Å². The van der Waals surface area contributed by atoms with Crippen molar-refractivity contribution >= 4 is 0 Å². The smallest absolute Gasteiger partial charge is 0.0920 e. The summed E-state index contributed by atoms with van der Waals surface area (Å²) in [6, 6.07) is 0. The van der Waals surface area contributed by atoms with Gasteiger partial charge in [0.15, 0.2) is 0 Å². The molecule has 0 aromatic carbocycles. The molecule has 1 fully saturated rings. The standard InChI is InChI=1S/C12H25NO4/c1-10(2)7-17-13-6-11(14)8-15-9-12-4-3-5-16-12/h10-14H,3-9H2,1-2H3. The van der Waals surface area contributed by atoms with Crippen molar-refractivity contribution in [2.45, 2.75) is 38.9 Å². The normalized spacial score (nSPS) is 22.2. The molecule has 1 rings (SSSR count). The summed E-state index contributed by atoms with van der Waals surface area (Å²) in [5, 5.41) is 9.58. The van der Waals surface area contributed by atoms with Gasteiger partial charge in [-0.2, -0.15) is 5.48 Å². The Balaban J connectivity index is 1.88. The van der Waals surface area contributed by atoms with Gasteiger partial charge < -0.3 is 19.4 Å². The van der Waals surface area contributed by atoms with Crippen LogP contribution in [0.3, 0.4) is 0 Å². The second-order valence-corrected chi connectivity index (χ2v) is 4.88. The maximum Gasteiger partial charge on any atom is 0.0920 e. The van der Waals surface area contributed by atoms with Crippen LogP contribution in [0.2, 0.25) is 0 Å². The Morgan fingerprint density at radius 3 is 2.88 bits per heavy atom. The van der Waals surface area contributed by atoms with Gasteiger partial charge in [-0.3, -0.25) is 0 Å². The lowest BCUT2D eigenvalue weighted by atomic mass is 10.2. The van der Waals surface area contributed by atoms with E-state index in [-0.39, 0.29) is 6.10 Å². The lowest BCUT2D eigenvalue weighted by Gasteiger charge is -2.15. The van der Waals surface area contributed by atoms with Gasteiger partial charge in [-0.05, 0) is 18.8 Å². The molecule has 1 aliphatic rings. The second kappa shape index (κ2) is 8.83. The van der Waals surface area contributed by atoms with Gasteiger partial charge in [0.2, 0.25) is 0 Å². The zero-order valence-electron chi connectivity index (χ0n) is 10.9. The first-order valence-electron chi connectivity index (χ1n) is 6.40. The Hall–Kier alpha value is -0.200. The summed E-state index contributed by atoms with van der Waals surface area (Å²) < 4.78 is 10.8. The maximum absolute atomic E-state index is 9.58. The molecule has 1 aliphatic heterocycles. The Morgan fingerprint density at radius 2 is 2.24 bits per heavy atom. The van der Waals surface area contributed by atoms with E-state index >= 15 is 0 Å². The fourth-order valence-electron chi connectivity index (χ4n) is 1.55. The van der Waals surface area contributed by atoms with Crippen LogP contribution in [-0.4, -0.2) is 50.3 Å². The largest absolute Gasteiger partial charge is 0.389 e. The highest BCUT2D eigenvalue weighted by Crippen LogP contribution is 2.11. The number of ether oxygens (including phenoxy) is 2. The summed E-state index contributed by atoms with van der Waals surface area (Å²) in [5.74, 6) is 0.482. The number of hydrogen-bond donors (Lipinski definition) is 2. The summed E-state index contributed by atoms with van der Waals surface area (Å²) >= 11 is 0. The number of nitrogens with one attached hydrogen (secondary N) is 1. The van der Waals surface area contributed by atoms with E-state index in [2.05, 4.69) is 19.3 Å². The third-order valence-corrected chi connectivity index (χ3v) is 2.48. The Labute approximate surface area is 103 Å². The number of aliphatic hydroxyl groups excluding tert-OH is 1. The lowest BCUT2D eigenvalue weighted by molar-refractivity contribution is -0.0403. The first-order chi connectivity index (χ1) is 8.18. The molecule has 0 aromatic rings. The molecule has 2 atom stereocenters. The van der Waals surface area contributed by atoms with Crippen molar-refractivity contribution in [1.29, 1.82) is 0 Å². The lowest BCUT2D eigenvalue weighted by Crippen LogP contribution is -2.32. The number of rotatable bonds is 9. The molecule has 1 saturated heterocycles. The Kier molecular flexibility index (Phi) is 7.72. The predicted molar refractivity (Wildman–Crippen MR) is 64.6 cm³/mol. The molecular weight excluding hydrogens is 222 g/mol. The van der Waals surface area contributed by atoms with Crippen molar-refractivity contribution in [2.24, 2.45) is 5.92 Å². The average molecular weight is 247 g/mol. The summed E-state index contributed by atoms with van der Waals surface area (Å²) in [6.07, 6.45) is 1.85. The predicted octanol–water partition coefficient (Wildman–Crippen LogP) is 0.720. The quantitative estimate of drug-likeness (QED) is 0.464. The number of hydrogen-bond acceptors (Lipinski definition) is 5. The Bertz CT molecular complexity index is 183. The molecule has 0 saturated carbocycles. The van der Waals surface area contributed by atoms with Crippen LogP contribution < -0.4 is 5.48 Å². The van der Waals surface area contributed by atoms with Crippen molar-refractivity contribution in [3.63, 3.8) is 0 Å². The minimum Gasteiger partial charge on any atom is -0.389 e. The van der Waals surface area contributed by atoms with Crippen LogP contribution in [-0.2, 0) is 14.3 Å². The molecule has 0 aromatic heterocycles. The molecular formula is C12H25NO4. The maximum atomic E-state index is 9.58. The number of aliphatic hydroxyl groups is 1. The topological polar surface area (TPSA) is 60.0 Å². The first kappa shape index (κ1) is 14.9. The zero-order valence-corrected chi connectivity index (χ0v) is 10.9. The third-order valence-electron chi connectivity index (χ3n) is 2.48. The van der Waals surface area contributed by atoms with E-state index < -0.39 is 6.10 Å². The van der Waals surface area contributed by atoms with Crippen LogP contribution in [0.15, 0.2) is 0 Å². The van der Waals surface area contributed by atoms with E-state index in [4.69, 9.17) is 14.3 Å².